The second-order valence-electron chi connectivity index (χ2n) is 4.03. The lowest BCUT2D eigenvalue weighted by Crippen LogP contribution is -2.32. The molecular weight excluding hydrogens is 234 g/mol. The molecule has 0 aliphatic heterocycles. The number of carboxylic acids is 1. The maximum Gasteiger partial charge on any atom is 0.317 e. The van der Waals surface area contributed by atoms with E-state index in [4.69, 9.17) is 5.11 Å². The molecule has 98 valence electrons. The van der Waals surface area contributed by atoms with Gasteiger partial charge in [0.15, 0.2) is 0 Å². The topological polar surface area (TPSA) is 81.0 Å². The van der Waals surface area contributed by atoms with Gasteiger partial charge in [-0.3, -0.25) is 9.69 Å². The Bertz CT molecular complexity index is 445. The van der Waals surface area contributed by atoms with Crippen LogP contribution < -0.4 is 0 Å². The van der Waals surface area contributed by atoms with Gasteiger partial charge in [0.1, 0.15) is 11.5 Å². The van der Waals surface area contributed by atoms with Crippen LogP contribution in [0.5, 0.6) is 11.5 Å². The third-order valence-electron chi connectivity index (χ3n) is 2.71. The van der Waals surface area contributed by atoms with Gasteiger partial charge in [-0.25, -0.2) is 0 Å². The zero-order valence-corrected chi connectivity index (χ0v) is 10.2. The summed E-state index contributed by atoms with van der Waals surface area (Å²) in [5, 5.41) is 28.0. The minimum Gasteiger partial charge on any atom is -0.508 e. The van der Waals surface area contributed by atoms with E-state index in [9.17, 15) is 15.0 Å². The first-order valence-corrected chi connectivity index (χ1v) is 5.54. The molecule has 1 atom stereocenters. The SMILES string of the molecule is C=CCN(CC(=O)O)C(C)c1cc(O)ccc1O. The van der Waals surface area contributed by atoms with Crippen molar-refractivity contribution in [2.45, 2.75) is 13.0 Å². The standard InChI is InChI=1S/C13H17NO4/c1-3-6-14(8-13(17)18)9(2)11-7-10(15)4-5-12(11)16/h3-5,7,9,15-16H,1,6,8H2,2H3,(H,17,18). The minimum atomic E-state index is -0.955. The highest BCUT2D eigenvalue weighted by Crippen LogP contribution is 2.31. The largest absolute Gasteiger partial charge is 0.508 e. The van der Waals surface area contributed by atoms with Crippen LogP contribution in [-0.2, 0) is 4.79 Å². The number of carboxylic acid groups (broad SMARTS) is 1. The van der Waals surface area contributed by atoms with E-state index in [1.807, 2.05) is 0 Å². The lowest BCUT2D eigenvalue weighted by atomic mass is 10.1. The predicted molar refractivity (Wildman–Crippen MR) is 67.6 cm³/mol. The fourth-order valence-corrected chi connectivity index (χ4v) is 1.77. The van der Waals surface area contributed by atoms with Gasteiger partial charge in [-0.2, -0.15) is 0 Å². The van der Waals surface area contributed by atoms with E-state index >= 15 is 0 Å². The van der Waals surface area contributed by atoms with Crippen molar-refractivity contribution in [3.63, 3.8) is 0 Å². The highest BCUT2D eigenvalue weighted by atomic mass is 16.4. The van der Waals surface area contributed by atoms with E-state index in [-0.39, 0.29) is 24.1 Å². The number of aliphatic carboxylic acids is 1. The zero-order chi connectivity index (χ0) is 13.7. The molecule has 0 heterocycles. The van der Waals surface area contributed by atoms with Crippen LogP contribution >= 0.6 is 0 Å². The number of hydrogen-bond acceptors (Lipinski definition) is 4. The van der Waals surface area contributed by atoms with Crippen LogP contribution in [0.2, 0.25) is 0 Å². The number of carbonyl (C=O) groups is 1. The molecule has 5 nitrogen and oxygen atoms in total. The summed E-state index contributed by atoms with van der Waals surface area (Å²) < 4.78 is 0. The lowest BCUT2D eigenvalue weighted by molar-refractivity contribution is -0.138. The average Bonchev–Trinajstić information content (AvgIpc) is 2.30. The molecule has 1 aromatic carbocycles. The maximum absolute atomic E-state index is 10.8. The third-order valence-corrected chi connectivity index (χ3v) is 2.71. The molecule has 0 saturated carbocycles. The van der Waals surface area contributed by atoms with Gasteiger partial charge >= 0.3 is 5.97 Å². The molecule has 0 saturated heterocycles. The van der Waals surface area contributed by atoms with Crippen molar-refractivity contribution in [1.82, 2.24) is 4.90 Å². The van der Waals surface area contributed by atoms with Crippen LogP contribution in [0.1, 0.15) is 18.5 Å². The lowest BCUT2D eigenvalue weighted by Gasteiger charge is -2.27. The van der Waals surface area contributed by atoms with E-state index in [2.05, 4.69) is 6.58 Å². The van der Waals surface area contributed by atoms with Gasteiger partial charge in [-0.1, -0.05) is 6.08 Å². The molecule has 0 aliphatic rings. The van der Waals surface area contributed by atoms with Crippen molar-refractivity contribution in [2.24, 2.45) is 0 Å². The van der Waals surface area contributed by atoms with Crippen LogP contribution in [0.25, 0.3) is 0 Å². The predicted octanol–water partition coefficient (Wildman–Crippen LogP) is 1.73. The first-order chi connectivity index (χ1) is 8.45. The number of nitrogens with zero attached hydrogens (tertiary/aromatic N) is 1. The van der Waals surface area contributed by atoms with Gasteiger partial charge in [0.2, 0.25) is 0 Å². The van der Waals surface area contributed by atoms with E-state index < -0.39 is 5.97 Å². The minimum absolute atomic E-state index is 0.0275. The number of phenols is 2. The summed E-state index contributed by atoms with van der Waals surface area (Å²) in [5.74, 6) is -0.897. The molecule has 5 heteroatoms. The zero-order valence-electron chi connectivity index (χ0n) is 10.2. The van der Waals surface area contributed by atoms with Gasteiger partial charge in [0, 0.05) is 18.2 Å². The van der Waals surface area contributed by atoms with Crippen molar-refractivity contribution >= 4 is 5.97 Å². The van der Waals surface area contributed by atoms with Gasteiger partial charge in [0.25, 0.3) is 0 Å². The van der Waals surface area contributed by atoms with Crippen molar-refractivity contribution in [1.29, 1.82) is 0 Å². The number of rotatable bonds is 6. The Balaban J connectivity index is 3.00. The fraction of sp³-hybridized carbons (Fsp3) is 0.308. The third kappa shape index (κ3) is 3.49. The summed E-state index contributed by atoms with van der Waals surface area (Å²) in [5.41, 5.74) is 0.484. The van der Waals surface area contributed by atoms with Gasteiger partial charge < -0.3 is 15.3 Å². The molecule has 0 fully saturated rings. The van der Waals surface area contributed by atoms with Crippen LogP contribution in [-0.4, -0.2) is 39.3 Å². The number of hydrogen-bond donors (Lipinski definition) is 3. The Hall–Kier alpha value is -2.01. The average molecular weight is 251 g/mol. The van der Waals surface area contributed by atoms with E-state index in [0.29, 0.717) is 12.1 Å². The molecule has 0 aromatic heterocycles. The second kappa shape index (κ2) is 6.07. The summed E-state index contributed by atoms with van der Waals surface area (Å²) in [4.78, 5) is 12.4. The number of aromatic hydroxyl groups is 2. The summed E-state index contributed by atoms with van der Waals surface area (Å²) >= 11 is 0. The van der Waals surface area contributed by atoms with Crippen LogP contribution in [0, 0.1) is 0 Å². The van der Waals surface area contributed by atoms with Gasteiger partial charge in [-0.05, 0) is 25.1 Å². The highest BCUT2D eigenvalue weighted by molar-refractivity contribution is 5.69. The van der Waals surface area contributed by atoms with Crippen LogP contribution in [0.3, 0.4) is 0 Å². The number of phenolic OH excluding ortho intramolecular Hbond substituents is 2. The summed E-state index contributed by atoms with van der Waals surface area (Å²) in [6, 6.07) is 3.85. The second-order valence-corrected chi connectivity index (χ2v) is 4.03. The van der Waals surface area contributed by atoms with Gasteiger partial charge in [-0.15, -0.1) is 6.58 Å². The molecule has 0 spiro atoms. The van der Waals surface area contributed by atoms with Gasteiger partial charge in [0.05, 0.1) is 6.54 Å². The highest BCUT2D eigenvalue weighted by Gasteiger charge is 2.20. The fourth-order valence-electron chi connectivity index (χ4n) is 1.77. The van der Waals surface area contributed by atoms with E-state index in [1.54, 1.807) is 17.9 Å². The Morgan fingerprint density at radius 1 is 1.50 bits per heavy atom. The van der Waals surface area contributed by atoms with Crippen molar-refractivity contribution in [3.05, 3.63) is 36.4 Å². The van der Waals surface area contributed by atoms with Crippen LogP contribution in [0.4, 0.5) is 0 Å². The molecule has 1 aromatic rings. The molecule has 1 rings (SSSR count). The van der Waals surface area contributed by atoms with Crippen molar-refractivity contribution in [2.75, 3.05) is 13.1 Å². The van der Waals surface area contributed by atoms with Crippen molar-refractivity contribution in [3.8, 4) is 11.5 Å². The monoisotopic (exact) mass is 251 g/mol. The molecule has 0 aliphatic carbocycles. The Kier molecular flexibility index (Phi) is 4.74. The van der Waals surface area contributed by atoms with E-state index in [0.717, 1.165) is 0 Å². The Morgan fingerprint density at radius 2 is 2.17 bits per heavy atom. The maximum atomic E-state index is 10.8. The molecule has 3 N–H and O–H groups in total. The van der Waals surface area contributed by atoms with E-state index in [1.165, 1.54) is 18.2 Å². The summed E-state index contributed by atoms with van der Waals surface area (Å²) in [6.45, 7) is 5.56. The summed E-state index contributed by atoms with van der Waals surface area (Å²) in [6.07, 6.45) is 1.60. The normalized spacial score (nSPS) is 12.3. The first kappa shape index (κ1) is 14.1. The van der Waals surface area contributed by atoms with Crippen LogP contribution in [0.15, 0.2) is 30.9 Å². The Labute approximate surface area is 106 Å². The Morgan fingerprint density at radius 3 is 2.72 bits per heavy atom. The molecule has 18 heavy (non-hydrogen) atoms. The smallest absolute Gasteiger partial charge is 0.317 e. The number of benzene rings is 1. The first-order valence-electron chi connectivity index (χ1n) is 5.54. The molecule has 1 unspecified atom stereocenters. The molecular formula is C13H17NO4. The molecule has 0 bridgehead atoms. The molecule has 0 amide bonds. The quantitative estimate of drug-likeness (QED) is 0.530. The summed E-state index contributed by atoms with van der Waals surface area (Å²) in [7, 11) is 0. The molecule has 0 radical (unpaired) electrons. The van der Waals surface area contributed by atoms with Crippen molar-refractivity contribution < 1.29 is 20.1 Å².